The zero-order valence-electron chi connectivity index (χ0n) is 12.6. The number of benzene rings is 2. The zero-order chi connectivity index (χ0) is 14.9. The summed E-state index contributed by atoms with van der Waals surface area (Å²) in [5, 5.41) is 0.908. The molecule has 2 heteroatoms. The number of ether oxygens (including phenoxy) is 1. The molecule has 0 saturated heterocycles. The van der Waals surface area contributed by atoms with Crippen LogP contribution in [0.5, 0.6) is 5.75 Å². The van der Waals surface area contributed by atoms with E-state index in [0.29, 0.717) is 12.5 Å². The predicted molar refractivity (Wildman–Crippen MR) is 93.5 cm³/mol. The highest BCUT2D eigenvalue weighted by Gasteiger charge is 2.10. The fourth-order valence-electron chi connectivity index (χ4n) is 2.29. The van der Waals surface area contributed by atoms with Crippen LogP contribution in [0.4, 0.5) is 0 Å². The van der Waals surface area contributed by atoms with Crippen molar-refractivity contribution >= 4 is 15.9 Å². The summed E-state index contributed by atoms with van der Waals surface area (Å²) in [6.45, 7) is 2.92. The van der Waals surface area contributed by atoms with Crippen LogP contribution in [0.1, 0.15) is 36.8 Å². The normalized spacial score (nSPS) is 12.1. The maximum atomic E-state index is 5.94. The molecule has 0 aliphatic carbocycles. The highest BCUT2D eigenvalue weighted by atomic mass is 79.9. The first-order valence-electron chi connectivity index (χ1n) is 7.66. The summed E-state index contributed by atoms with van der Waals surface area (Å²) in [6.07, 6.45) is 3.65. The van der Waals surface area contributed by atoms with Gasteiger partial charge >= 0.3 is 0 Å². The Bertz CT molecular complexity index is 507. The van der Waals surface area contributed by atoms with E-state index in [9.17, 15) is 0 Å². The molecule has 1 unspecified atom stereocenters. The van der Waals surface area contributed by atoms with E-state index in [1.807, 2.05) is 6.07 Å². The van der Waals surface area contributed by atoms with Crippen LogP contribution < -0.4 is 4.74 Å². The van der Waals surface area contributed by atoms with Gasteiger partial charge in [-0.15, -0.1) is 0 Å². The van der Waals surface area contributed by atoms with E-state index >= 15 is 0 Å². The minimum Gasteiger partial charge on any atom is -0.493 e. The van der Waals surface area contributed by atoms with Gasteiger partial charge in [-0.3, -0.25) is 0 Å². The van der Waals surface area contributed by atoms with Crippen LogP contribution in [0.25, 0.3) is 0 Å². The molecule has 1 nitrogen and oxygen atoms in total. The predicted octanol–water partition coefficient (Wildman–Crippen LogP) is 5.59. The standard InChI is InChI=1S/C19H23BrO/c1-2-3-7-16-10-12-19(13-11-16)21-15-18(14-20)17-8-5-4-6-9-17/h4-6,8-13,18H,2-3,7,14-15H2,1H3. The fraction of sp³-hybridized carbons (Fsp3) is 0.368. The third-order valence-corrected chi connectivity index (χ3v) is 4.43. The van der Waals surface area contributed by atoms with Gasteiger partial charge in [-0.25, -0.2) is 0 Å². The molecule has 0 heterocycles. The van der Waals surface area contributed by atoms with E-state index in [1.54, 1.807) is 0 Å². The van der Waals surface area contributed by atoms with Gasteiger partial charge in [-0.2, -0.15) is 0 Å². The Morgan fingerprint density at radius 2 is 1.71 bits per heavy atom. The lowest BCUT2D eigenvalue weighted by Gasteiger charge is -2.16. The number of hydrogen-bond acceptors (Lipinski definition) is 1. The lowest BCUT2D eigenvalue weighted by Crippen LogP contribution is -2.11. The average Bonchev–Trinajstić information content (AvgIpc) is 2.55. The summed E-state index contributed by atoms with van der Waals surface area (Å²) in [6, 6.07) is 19.0. The molecule has 0 saturated carbocycles. The molecule has 21 heavy (non-hydrogen) atoms. The quantitative estimate of drug-likeness (QED) is 0.566. The van der Waals surface area contributed by atoms with E-state index in [1.165, 1.54) is 24.0 Å². The van der Waals surface area contributed by atoms with Crippen molar-refractivity contribution in [3.63, 3.8) is 0 Å². The first-order chi connectivity index (χ1) is 10.3. The van der Waals surface area contributed by atoms with E-state index < -0.39 is 0 Å². The van der Waals surface area contributed by atoms with Gasteiger partial charge in [0.1, 0.15) is 5.75 Å². The second-order valence-electron chi connectivity index (χ2n) is 5.32. The Labute approximate surface area is 136 Å². The molecule has 0 radical (unpaired) electrons. The van der Waals surface area contributed by atoms with Crippen molar-refractivity contribution in [2.75, 3.05) is 11.9 Å². The largest absolute Gasteiger partial charge is 0.493 e. The summed E-state index contributed by atoms with van der Waals surface area (Å²) in [4.78, 5) is 0. The Morgan fingerprint density at radius 1 is 1.00 bits per heavy atom. The minimum absolute atomic E-state index is 0.381. The van der Waals surface area contributed by atoms with Gasteiger partial charge in [0.05, 0.1) is 6.61 Å². The Kier molecular flexibility index (Phi) is 6.81. The van der Waals surface area contributed by atoms with E-state index in [4.69, 9.17) is 4.74 Å². The van der Waals surface area contributed by atoms with Gasteiger partial charge in [-0.05, 0) is 36.1 Å². The van der Waals surface area contributed by atoms with E-state index in [0.717, 1.165) is 17.5 Å². The van der Waals surface area contributed by atoms with Gasteiger partial charge < -0.3 is 4.74 Å². The first-order valence-corrected chi connectivity index (χ1v) is 8.78. The van der Waals surface area contributed by atoms with Crippen LogP contribution in [0.3, 0.4) is 0 Å². The maximum Gasteiger partial charge on any atom is 0.119 e. The summed E-state index contributed by atoms with van der Waals surface area (Å²) in [7, 11) is 0. The molecule has 0 spiro atoms. The molecule has 2 aromatic rings. The fourth-order valence-corrected chi connectivity index (χ4v) is 2.85. The smallest absolute Gasteiger partial charge is 0.119 e. The molecule has 2 aromatic carbocycles. The number of halogens is 1. The molecule has 0 aliphatic heterocycles. The maximum absolute atomic E-state index is 5.94. The van der Waals surface area contributed by atoms with Gasteiger partial charge in [0, 0.05) is 11.2 Å². The van der Waals surface area contributed by atoms with Crippen LogP contribution in [0.15, 0.2) is 54.6 Å². The zero-order valence-corrected chi connectivity index (χ0v) is 14.2. The van der Waals surface area contributed by atoms with Crippen molar-refractivity contribution in [3.05, 3.63) is 65.7 Å². The van der Waals surface area contributed by atoms with Gasteiger partial charge in [0.15, 0.2) is 0 Å². The monoisotopic (exact) mass is 346 g/mol. The Balaban J connectivity index is 1.89. The van der Waals surface area contributed by atoms with Crippen molar-refractivity contribution < 1.29 is 4.74 Å². The molecule has 0 amide bonds. The topological polar surface area (TPSA) is 9.23 Å². The Hall–Kier alpha value is -1.28. The summed E-state index contributed by atoms with van der Waals surface area (Å²) in [5.41, 5.74) is 2.71. The summed E-state index contributed by atoms with van der Waals surface area (Å²) >= 11 is 3.59. The van der Waals surface area contributed by atoms with E-state index in [2.05, 4.69) is 71.4 Å². The van der Waals surface area contributed by atoms with Crippen LogP contribution >= 0.6 is 15.9 Å². The van der Waals surface area contributed by atoms with Crippen LogP contribution in [0.2, 0.25) is 0 Å². The highest BCUT2D eigenvalue weighted by molar-refractivity contribution is 9.09. The molecule has 1 atom stereocenters. The summed E-state index contributed by atoms with van der Waals surface area (Å²) in [5.74, 6) is 1.34. The molecule has 2 rings (SSSR count). The first kappa shape index (κ1) is 16.1. The Morgan fingerprint density at radius 3 is 2.33 bits per heavy atom. The van der Waals surface area contributed by atoms with Crippen molar-refractivity contribution in [2.45, 2.75) is 32.1 Å². The molecular formula is C19H23BrO. The lowest BCUT2D eigenvalue weighted by atomic mass is 10.0. The highest BCUT2D eigenvalue weighted by Crippen LogP contribution is 2.21. The van der Waals surface area contributed by atoms with Crippen molar-refractivity contribution in [2.24, 2.45) is 0 Å². The van der Waals surface area contributed by atoms with Crippen molar-refractivity contribution in [1.82, 2.24) is 0 Å². The van der Waals surface area contributed by atoms with Crippen LogP contribution in [-0.2, 0) is 6.42 Å². The second kappa shape index (κ2) is 8.89. The molecular weight excluding hydrogens is 324 g/mol. The van der Waals surface area contributed by atoms with Crippen LogP contribution in [0, 0.1) is 0 Å². The van der Waals surface area contributed by atoms with Crippen molar-refractivity contribution in [1.29, 1.82) is 0 Å². The molecule has 0 N–H and O–H groups in total. The molecule has 0 aromatic heterocycles. The lowest BCUT2D eigenvalue weighted by molar-refractivity contribution is 0.298. The number of alkyl halides is 1. The van der Waals surface area contributed by atoms with Crippen molar-refractivity contribution in [3.8, 4) is 5.75 Å². The van der Waals surface area contributed by atoms with Gasteiger partial charge in [-0.1, -0.05) is 71.7 Å². The average molecular weight is 347 g/mol. The molecule has 112 valence electrons. The molecule has 0 aliphatic rings. The van der Waals surface area contributed by atoms with Gasteiger partial charge in [0.25, 0.3) is 0 Å². The van der Waals surface area contributed by atoms with E-state index in [-0.39, 0.29) is 0 Å². The molecule has 0 fully saturated rings. The van der Waals surface area contributed by atoms with Gasteiger partial charge in [0.2, 0.25) is 0 Å². The number of aryl methyl sites for hydroxylation is 1. The van der Waals surface area contributed by atoms with Crippen LogP contribution in [-0.4, -0.2) is 11.9 Å². The molecule has 0 bridgehead atoms. The third kappa shape index (κ3) is 5.20. The minimum atomic E-state index is 0.381. The number of hydrogen-bond donors (Lipinski definition) is 0. The summed E-state index contributed by atoms with van der Waals surface area (Å²) < 4.78 is 5.94. The number of rotatable bonds is 8. The number of unbranched alkanes of at least 4 members (excludes halogenated alkanes) is 1. The third-order valence-electron chi connectivity index (χ3n) is 3.65. The SMILES string of the molecule is CCCCc1ccc(OCC(CBr)c2ccccc2)cc1. The second-order valence-corrected chi connectivity index (χ2v) is 5.97.